The summed E-state index contributed by atoms with van der Waals surface area (Å²) in [5.74, 6) is 1.47. The van der Waals surface area contributed by atoms with Crippen LogP contribution in [-0.4, -0.2) is 30.1 Å². The lowest BCUT2D eigenvalue weighted by Crippen LogP contribution is -2.47. The minimum atomic E-state index is -0.671. The van der Waals surface area contributed by atoms with Gasteiger partial charge in [0.15, 0.2) is 16.6 Å². The lowest BCUT2D eigenvalue weighted by molar-refractivity contribution is -0.127. The van der Waals surface area contributed by atoms with Gasteiger partial charge in [0.1, 0.15) is 6.61 Å². The molecule has 0 saturated carbocycles. The molecule has 0 fully saturated rings. The fraction of sp³-hybridized carbons (Fsp3) is 0.300. The number of carbonyl (C=O) groups is 1. The van der Waals surface area contributed by atoms with Gasteiger partial charge in [0, 0.05) is 6.54 Å². The highest BCUT2D eigenvalue weighted by atomic mass is 32.1. The number of aromatic nitrogens is 1. The summed E-state index contributed by atoms with van der Waals surface area (Å²) in [6.07, 6.45) is -0.671. The first-order chi connectivity index (χ1) is 12.6. The van der Waals surface area contributed by atoms with Crippen LogP contribution in [0.5, 0.6) is 11.5 Å². The Balaban J connectivity index is 1.63. The van der Waals surface area contributed by atoms with Crippen LogP contribution in [0, 0.1) is 5.92 Å². The molecule has 0 spiro atoms. The molecule has 1 aliphatic rings. The molecule has 3 aromatic rings. The number of ether oxygens (including phenoxy) is 2. The van der Waals surface area contributed by atoms with Gasteiger partial charge in [-0.25, -0.2) is 4.98 Å². The molecule has 2 aromatic carbocycles. The second-order valence-corrected chi connectivity index (χ2v) is 7.68. The maximum Gasteiger partial charge on any atom is 0.273 e. The third-order valence-corrected chi connectivity index (χ3v) is 5.17. The number of para-hydroxylation sites is 3. The monoisotopic (exact) mass is 368 g/mol. The van der Waals surface area contributed by atoms with Gasteiger partial charge in [-0.1, -0.05) is 49.4 Å². The van der Waals surface area contributed by atoms with Crippen LogP contribution in [0.15, 0.2) is 48.5 Å². The predicted molar refractivity (Wildman–Crippen MR) is 103 cm³/mol. The van der Waals surface area contributed by atoms with Crippen LogP contribution in [-0.2, 0) is 4.79 Å². The van der Waals surface area contributed by atoms with Gasteiger partial charge < -0.3 is 9.47 Å². The first kappa shape index (κ1) is 16.8. The normalized spacial score (nSPS) is 16.0. The van der Waals surface area contributed by atoms with E-state index in [-0.39, 0.29) is 12.5 Å². The molecule has 0 unspecified atom stereocenters. The third-order valence-electron chi connectivity index (χ3n) is 4.11. The molecule has 1 amide bonds. The van der Waals surface area contributed by atoms with Crippen molar-refractivity contribution in [3.8, 4) is 11.5 Å². The summed E-state index contributed by atoms with van der Waals surface area (Å²) in [6, 6.07) is 15.3. The van der Waals surface area contributed by atoms with Crippen molar-refractivity contribution < 1.29 is 14.3 Å². The molecule has 0 saturated heterocycles. The van der Waals surface area contributed by atoms with Crippen molar-refractivity contribution in [2.24, 2.45) is 5.92 Å². The summed E-state index contributed by atoms with van der Waals surface area (Å²) in [5, 5.41) is 0.701. The van der Waals surface area contributed by atoms with Crippen LogP contribution in [0.1, 0.15) is 13.8 Å². The largest absolute Gasteiger partial charge is 0.485 e. The summed E-state index contributed by atoms with van der Waals surface area (Å²) in [5.41, 5.74) is 0.903. The molecule has 6 heteroatoms. The van der Waals surface area contributed by atoms with E-state index in [1.807, 2.05) is 48.5 Å². The van der Waals surface area contributed by atoms with Crippen molar-refractivity contribution >= 4 is 32.6 Å². The number of carbonyl (C=O) groups excluding carboxylic acids is 1. The van der Waals surface area contributed by atoms with Crippen LogP contribution in [0.3, 0.4) is 0 Å². The number of nitrogens with zero attached hydrogens (tertiary/aromatic N) is 2. The molecule has 1 aliphatic heterocycles. The smallest absolute Gasteiger partial charge is 0.273 e. The lowest BCUT2D eigenvalue weighted by atomic mass is 10.2. The quantitative estimate of drug-likeness (QED) is 0.695. The van der Waals surface area contributed by atoms with Gasteiger partial charge >= 0.3 is 0 Å². The summed E-state index contributed by atoms with van der Waals surface area (Å²) in [7, 11) is 0. The number of amides is 1. The first-order valence-corrected chi connectivity index (χ1v) is 9.49. The number of thiazole rings is 1. The minimum absolute atomic E-state index is 0.118. The topological polar surface area (TPSA) is 51.7 Å². The molecular weight excluding hydrogens is 348 g/mol. The first-order valence-electron chi connectivity index (χ1n) is 8.67. The number of fused-ring (bicyclic) bond motifs is 2. The molecule has 0 bridgehead atoms. The van der Waals surface area contributed by atoms with E-state index in [0.29, 0.717) is 29.1 Å². The molecule has 2 heterocycles. The zero-order valence-corrected chi connectivity index (χ0v) is 15.5. The van der Waals surface area contributed by atoms with E-state index in [1.54, 1.807) is 4.90 Å². The Labute approximate surface area is 156 Å². The Morgan fingerprint density at radius 3 is 2.69 bits per heavy atom. The highest BCUT2D eigenvalue weighted by molar-refractivity contribution is 7.22. The van der Waals surface area contributed by atoms with Crippen LogP contribution in [0.2, 0.25) is 0 Å². The van der Waals surface area contributed by atoms with Crippen molar-refractivity contribution in [2.45, 2.75) is 20.0 Å². The Bertz CT molecular complexity index is 904. The van der Waals surface area contributed by atoms with Gasteiger partial charge in [0.05, 0.1) is 10.2 Å². The number of anilines is 1. The Morgan fingerprint density at radius 2 is 1.92 bits per heavy atom. The van der Waals surface area contributed by atoms with Gasteiger partial charge in [0.2, 0.25) is 6.10 Å². The zero-order chi connectivity index (χ0) is 18.1. The molecule has 0 aliphatic carbocycles. The Hall–Kier alpha value is -2.60. The van der Waals surface area contributed by atoms with Crippen molar-refractivity contribution in [1.29, 1.82) is 0 Å². The van der Waals surface area contributed by atoms with E-state index in [9.17, 15) is 4.79 Å². The number of hydrogen-bond acceptors (Lipinski definition) is 5. The van der Waals surface area contributed by atoms with Crippen LogP contribution in [0.25, 0.3) is 10.2 Å². The number of benzene rings is 2. The third kappa shape index (κ3) is 3.24. The van der Waals surface area contributed by atoms with Gasteiger partial charge in [0.25, 0.3) is 5.91 Å². The Kier molecular flexibility index (Phi) is 4.51. The van der Waals surface area contributed by atoms with Gasteiger partial charge in [-0.2, -0.15) is 0 Å². The van der Waals surface area contributed by atoms with Gasteiger partial charge in [-0.15, -0.1) is 0 Å². The van der Waals surface area contributed by atoms with Crippen molar-refractivity contribution in [3.05, 3.63) is 48.5 Å². The Morgan fingerprint density at radius 1 is 1.19 bits per heavy atom. The molecule has 5 nitrogen and oxygen atoms in total. The average Bonchev–Trinajstić information content (AvgIpc) is 3.09. The van der Waals surface area contributed by atoms with Crippen molar-refractivity contribution in [1.82, 2.24) is 4.98 Å². The standard InChI is InChI=1S/C20H20N2O3S/c1-13(2)11-22(20-21-14-7-3-6-10-18(14)26-20)19(23)17-12-24-15-8-4-5-9-16(15)25-17/h3-10,13,17H,11-12H2,1-2H3/t17-/m0/s1. The van der Waals surface area contributed by atoms with Crippen LogP contribution < -0.4 is 14.4 Å². The molecule has 1 aromatic heterocycles. The van der Waals surface area contributed by atoms with E-state index >= 15 is 0 Å². The van der Waals surface area contributed by atoms with E-state index in [1.165, 1.54) is 11.3 Å². The average molecular weight is 368 g/mol. The SMILES string of the molecule is CC(C)CN(C(=O)[C@@H]1COc2ccccc2O1)c1nc2ccccc2s1. The van der Waals surface area contributed by atoms with Crippen molar-refractivity contribution in [2.75, 3.05) is 18.1 Å². The van der Waals surface area contributed by atoms with Crippen LogP contribution >= 0.6 is 11.3 Å². The summed E-state index contributed by atoms with van der Waals surface area (Å²) in [6.45, 7) is 4.96. The maximum absolute atomic E-state index is 13.2. The minimum Gasteiger partial charge on any atom is -0.485 e. The maximum atomic E-state index is 13.2. The summed E-state index contributed by atoms with van der Waals surface area (Å²) in [4.78, 5) is 19.6. The molecular formula is C20H20N2O3S. The molecule has 1 atom stereocenters. The second-order valence-electron chi connectivity index (χ2n) is 6.67. The molecule has 0 radical (unpaired) electrons. The zero-order valence-electron chi connectivity index (χ0n) is 14.7. The summed E-state index contributed by atoms with van der Waals surface area (Å²) >= 11 is 1.52. The molecule has 0 N–H and O–H groups in total. The number of hydrogen-bond donors (Lipinski definition) is 0. The lowest BCUT2D eigenvalue weighted by Gasteiger charge is -2.30. The molecule has 26 heavy (non-hydrogen) atoms. The van der Waals surface area contributed by atoms with E-state index < -0.39 is 6.10 Å². The molecule has 134 valence electrons. The summed E-state index contributed by atoms with van der Waals surface area (Å²) < 4.78 is 12.7. The highest BCUT2D eigenvalue weighted by Crippen LogP contribution is 2.33. The van der Waals surface area contributed by atoms with Gasteiger partial charge in [-0.05, 0) is 30.2 Å². The second kappa shape index (κ2) is 6.96. The van der Waals surface area contributed by atoms with Crippen LogP contribution in [0.4, 0.5) is 5.13 Å². The fourth-order valence-corrected chi connectivity index (χ4v) is 3.90. The van der Waals surface area contributed by atoms with Gasteiger partial charge in [-0.3, -0.25) is 9.69 Å². The van der Waals surface area contributed by atoms with Crippen molar-refractivity contribution in [3.63, 3.8) is 0 Å². The fourth-order valence-electron chi connectivity index (χ4n) is 2.92. The van der Waals surface area contributed by atoms with E-state index in [2.05, 4.69) is 18.8 Å². The number of rotatable bonds is 4. The van der Waals surface area contributed by atoms with E-state index in [0.717, 1.165) is 10.2 Å². The highest BCUT2D eigenvalue weighted by Gasteiger charge is 2.33. The predicted octanol–water partition coefficient (Wildman–Crippen LogP) is 4.13. The molecule has 4 rings (SSSR count). The van der Waals surface area contributed by atoms with E-state index in [4.69, 9.17) is 9.47 Å².